The predicted molar refractivity (Wildman–Crippen MR) is 93.2 cm³/mol. The van der Waals surface area contributed by atoms with Crippen LogP contribution >= 0.6 is 0 Å². The summed E-state index contributed by atoms with van der Waals surface area (Å²) >= 11 is 0. The van der Waals surface area contributed by atoms with Gasteiger partial charge in [-0.3, -0.25) is 9.59 Å². The Kier molecular flexibility index (Phi) is 6.01. The summed E-state index contributed by atoms with van der Waals surface area (Å²) in [4.78, 5) is 37.7. The van der Waals surface area contributed by atoms with Gasteiger partial charge < -0.3 is 20.3 Å². The molecular weight excluding hydrogens is 322 g/mol. The van der Waals surface area contributed by atoms with Gasteiger partial charge in [0.1, 0.15) is 6.04 Å². The number of carbonyl (C=O) groups is 3. The molecule has 0 saturated carbocycles. The monoisotopic (exact) mass is 347 g/mol. The highest BCUT2D eigenvalue weighted by molar-refractivity contribution is 5.97. The second kappa shape index (κ2) is 8.00. The van der Waals surface area contributed by atoms with Gasteiger partial charge in [0.2, 0.25) is 5.91 Å². The Bertz CT molecular complexity index is 636. The van der Waals surface area contributed by atoms with Crippen molar-refractivity contribution in [3.8, 4) is 0 Å². The summed E-state index contributed by atoms with van der Waals surface area (Å²) in [5.74, 6) is -0.588. The largest absolute Gasteiger partial charge is 0.453 e. The topological polar surface area (TPSA) is 87.7 Å². The molecule has 7 heteroatoms. The lowest BCUT2D eigenvalue weighted by atomic mass is 10.0. The summed E-state index contributed by atoms with van der Waals surface area (Å²) in [5.41, 5.74) is 1.58. The molecule has 1 fully saturated rings. The molecule has 1 aliphatic rings. The number of ether oxygens (including phenoxy) is 1. The Labute approximate surface area is 147 Å². The SMILES string of the molecule is COC(=O)N1CC(NC(=O)[C@@H](NC(=O)c2ccc(C)cc2)C(C)C)C1. The Morgan fingerprint density at radius 3 is 2.28 bits per heavy atom. The Balaban J connectivity index is 1.91. The number of rotatable bonds is 5. The average molecular weight is 347 g/mol. The first-order chi connectivity index (χ1) is 11.8. The van der Waals surface area contributed by atoms with Crippen molar-refractivity contribution in [2.24, 2.45) is 5.92 Å². The van der Waals surface area contributed by atoms with Crippen LogP contribution in [0.2, 0.25) is 0 Å². The number of nitrogens with zero attached hydrogens (tertiary/aromatic N) is 1. The van der Waals surface area contributed by atoms with E-state index in [-0.39, 0.29) is 23.8 Å². The summed E-state index contributed by atoms with van der Waals surface area (Å²) in [6, 6.07) is 6.43. The van der Waals surface area contributed by atoms with Gasteiger partial charge in [-0.25, -0.2) is 4.79 Å². The maximum atomic E-state index is 12.5. The van der Waals surface area contributed by atoms with E-state index in [0.717, 1.165) is 5.56 Å². The first-order valence-corrected chi connectivity index (χ1v) is 8.32. The highest BCUT2D eigenvalue weighted by atomic mass is 16.5. The molecule has 1 aromatic carbocycles. The number of likely N-dealkylation sites (tertiary alicyclic amines) is 1. The molecule has 2 N–H and O–H groups in total. The maximum Gasteiger partial charge on any atom is 0.409 e. The quantitative estimate of drug-likeness (QED) is 0.841. The van der Waals surface area contributed by atoms with Crippen molar-refractivity contribution in [1.29, 1.82) is 0 Å². The lowest BCUT2D eigenvalue weighted by Crippen LogP contribution is -2.63. The summed E-state index contributed by atoms with van der Waals surface area (Å²) in [6.45, 7) is 6.52. The third-order valence-electron chi connectivity index (χ3n) is 4.21. The molecule has 0 bridgehead atoms. The molecule has 136 valence electrons. The Hall–Kier alpha value is -2.57. The molecule has 1 heterocycles. The number of carbonyl (C=O) groups excluding carboxylic acids is 3. The van der Waals surface area contributed by atoms with E-state index in [9.17, 15) is 14.4 Å². The van der Waals surface area contributed by atoms with Crippen molar-refractivity contribution < 1.29 is 19.1 Å². The molecule has 0 unspecified atom stereocenters. The number of methoxy groups -OCH3 is 1. The zero-order chi connectivity index (χ0) is 18.6. The molecule has 0 aliphatic carbocycles. The van der Waals surface area contributed by atoms with Crippen molar-refractivity contribution in [1.82, 2.24) is 15.5 Å². The average Bonchev–Trinajstić information content (AvgIpc) is 2.54. The third kappa shape index (κ3) is 4.71. The highest BCUT2D eigenvalue weighted by Gasteiger charge is 2.34. The van der Waals surface area contributed by atoms with E-state index in [1.54, 1.807) is 12.1 Å². The molecule has 3 amide bonds. The van der Waals surface area contributed by atoms with Crippen LogP contribution in [0.15, 0.2) is 24.3 Å². The minimum Gasteiger partial charge on any atom is -0.453 e. The molecule has 7 nitrogen and oxygen atoms in total. The van der Waals surface area contributed by atoms with Gasteiger partial charge in [-0.2, -0.15) is 0 Å². The summed E-state index contributed by atoms with van der Waals surface area (Å²) in [5, 5.41) is 5.66. The van der Waals surface area contributed by atoms with Crippen molar-refractivity contribution in [2.45, 2.75) is 32.9 Å². The zero-order valence-corrected chi connectivity index (χ0v) is 15.0. The first-order valence-electron chi connectivity index (χ1n) is 8.32. The van der Waals surface area contributed by atoms with E-state index in [1.165, 1.54) is 12.0 Å². The van der Waals surface area contributed by atoms with Crippen LogP contribution in [0.5, 0.6) is 0 Å². The van der Waals surface area contributed by atoms with Crippen LogP contribution in [0.3, 0.4) is 0 Å². The van der Waals surface area contributed by atoms with Crippen LogP contribution in [0.25, 0.3) is 0 Å². The number of nitrogens with one attached hydrogen (secondary N) is 2. The van der Waals surface area contributed by atoms with E-state index in [2.05, 4.69) is 15.4 Å². The number of aryl methyl sites for hydroxylation is 1. The molecule has 1 atom stereocenters. The zero-order valence-electron chi connectivity index (χ0n) is 15.0. The van der Waals surface area contributed by atoms with Crippen LogP contribution in [0.4, 0.5) is 4.79 Å². The standard InChI is InChI=1S/C18H25N3O4/c1-11(2)15(20-16(22)13-7-5-12(3)6-8-13)17(23)19-14-9-21(10-14)18(24)25-4/h5-8,11,14-15H,9-10H2,1-4H3,(H,19,23)(H,20,22)/t15-/m0/s1. The first kappa shape index (κ1) is 18.8. The normalized spacial score (nSPS) is 15.3. The van der Waals surface area contributed by atoms with Gasteiger partial charge in [-0.1, -0.05) is 31.5 Å². The fourth-order valence-electron chi connectivity index (χ4n) is 2.60. The molecule has 2 rings (SSSR count). The predicted octanol–water partition coefficient (Wildman–Crippen LogP) is 1.32. The minimum absolute atomic E-state index is 0.0637. The van der Waals surface area contributed by atoms with Gasteiger partial charge in [-0.05, 0) is 25.0 Å². The molecule has 0 radical (unpaired) electrons. The van der Waals surface area contributed by atoms with Gasteiger partial charge >= 0.3 is 6.09 Å². The van der Waals surface area contributed by atoms with Crippen LogP contribution in [0.1, 0.15) is 29.8 Å². The summed E-state index contributed by atoms with van der Waals surface area (Å²) < 4.78 is 4.62. The van der Waals surface area contributed by atoms with Gasteiger partial charge in [0, 0.05) is 18.7 Å². The van der Waals surface area contributed by atoms with Gasteiger partial charge in [-0.15, -0.1) is 0 Å². The molecule has 0 aromatic heterocycles. The van der Waals surface area contributed by atoms with Crippen LogP contribution in [0, 0.1) is 12.8 Å². The summed E-state index contributed by atoms with van der Waals surface area (Å²) in [6.07, 6.45) is -0.404. The number of benzene rings is 1. The van der Waals surface area contributed by atoms with E-state index in [1.807, 2.05) is 32.9 Å². The number of hydrogen-bond donors (Lipinski definition) is 2. The lowest BCUT2D eigenvalue weighted by molar-refractivity contribution is -0.125. The van der Waals surface area contributed by atoms with Gasteiger partial charge in [0.25, 0.3) is 5.91 Å². The molecule has 1 saturated heterocycles. The second-order valence-electron chi connectivity index (χ2n) is 6.64. The fraction of sp³-hybridized carbons (Fsp3) is 0.500. The van der Waals surface area contributed by atoms with Crippen molar-refractivity contribution in [3.05, 3.63) is 35.4 Å². The summed E-state index contributed by atoms with van der Waals surface area (Å²) in [7, 11) is 1.32. The smallest absolute Gasteiger partial charge is 0.409 e. The van der Waals surface area contributed by atoms with Crippen molar-refractivity contribution in [2.75, 3.05) is 20.2 Å². The van der Waals surface area contributed by atoms with E-state index in [0.29, 0.717) is 18.7 Å². The fourth-order valence-corrected chi connectivity index (χ4v) is 2.60. The van der Waals surface area contributed by atoms with Gasteiger partial charge in [0.05, 0.1) is 13.2 Å². The Morgan fingerprint density at radius 2 is 1.76 bits per heavy atom. The highest BCUT2D eigenvalue weighted by Crippen LogP contribution is 2.11. The van der Waals surface area contributed by atoms with Crippen LogP contribution < -0.4 is 10.6 Å². The number of amides is 3. The maximum absolute atomic E-state index is 12.5. The third-order valence-corrected chi connectivity index (χ3v) is 4.21. The molecular formula is C18H25N3O4. The molecule has 1 aliphatic heterocycles. The van der Waals surface area contributed by atoms with Crippen molar-refractivity contribution in [3.63, 3.8) is 0 Å². The molecule has 1 aromatic rings. The van der Waals surface area contributed by atoms with Crippen molar-refractivity contribution >= 4 is 17.9 Å². The van der Waals surface area contributed by atoms with E-state index < -0.39 is 12.1 Å². The van der Waals surface area contributed by atoms with Gasteiger partial charge in [0.15, 0.2) is 0 Å². The Morgan fingerprint density at radius 1 is 1.16 bits per heavy atom. The van der Waals surface area contributed by atoms with E-state index in [4.69, 9.17) is 0 Å². The lowest BCUT2D eigenvalue weighted by Gasteiger charge is -2.39. The second-order valence-corrected chi connectivity index (χ2v) is 6.64. The van der Waals surface area contributed by atoms with E-state index >= 15 is 0 Å². The molecule has 0 spiro atoms. The van der Waals surface area contributed by atoms with Crippen LogP contribution in [-0.2, 0) is 9.53 Å². The molecule has 25 heavy (non-hydrogen) atoms. The number of hydrogen-bond acceptors (Lipinski definition) is 4. The van der Waals surface area contributed by atoms with Crippen LogP contribution in [-0.4, -0.2) is 55.1 Å². The minimum atomic E-state index is -0.638.